The van der Waals surface area contributed by atoms with Crippen LogP contribution in [0.2, 0.25) is 0 Å². The Morgan fingerprint density at radius 1 is 0.946 bits per heavy atom. The van der Waals surface area contributed by atoms with Crippen molar-refractivity contribution >= 4 is 23.4 Å². The van der Waals surface area contributed by atoms with Crippen molar-refractivity contribution in [1.29, 1.82) is 0 Å². The number of carbonyl (C=O) groups excluding carboxylic acids is 1. The van der Waals surface area contributed by atoms with E-state index in [1.54, 1.807) is 18.2 Å². The Morgan fingerprint density at radius 3 is 2.19 bits per heavy atom. The molecule has 0 aliphatic heterocycles. The van der Waals surface area contributed by atoms with Gasteiger partial charge in [-0.3, -0.25) is 0 Å². The summed E-state index contributed by atoms with van der Waals surface area (Å²) in [7, 11) is 0. The molecule has 5 nitrogen and oxygen atoms in total. The molecule has 10 heteroatoms. The zero-order valence-electron chi connectivity index (χ0n) is 19.5. The van der Waals surface area contributed by atoms with Gasteiger partial charge in [0.15, 0.2) is 0 Å². The van der Waals surface area contributed by atoms with Gasteiger partial charge >= 0.3 is 18.3 Å². The Balaban J connectivity index is 1.54. The third-order valence-corrected chi connectivity index (χ3v) is 5.21. The Kier molecular flexibility index (Phi) is 8.42. The predicted molar refractivity (Wildman–Crippen MR) is 131 cm³/mol. The molecule has 3 rings (SSSR count). The lowest BCUT2D eigenvalue weighted by molar-refractivity contribution is -0.185. The molecule has 0 aliphatic rings. The van der Waals surface area contributed by atoms with E-state index in [1.165, 1.54) is 18.2 Å². The Morgan fingerprint density at radius 2 is 1.59 bits per heavy atom. The van der Waals surface area contributed by atoms with E-state index in [2.05, 4.69) is 11.7 Å². The summed E-state index contributed by atoms with van der Waals surface area (Å²) < 4.78 is 76.2. The highest BCUT2D eigenvalue weighted by Crippen LogP contribution is 2.32. The maximum absolute atomic E-state index is 14.5. The number of rotatable bonds is 9. The van der Waals surface area contributed by atoms with Crippen molar-refractivity contribution in [2.75, 3.05) is 18.1 Å². The van der Waals surface area contributed by atoms with Gasteiger partial charge in [-0.2, -0.15) is 22.0 Å². The molecule has 0 saturated heterocycles. The van der Waals surface area contributed by atoms with Crippen LogP contribution in [0.5, 0.6) is 5.75 Å². The lowest BCUT2D eigenvalue weighted by Gasteiger charge is -2.18. The van der Waals surface area contributed by atoms with E-state index < -0.39 is 36.2 Å². The second-order valence-corrected chi connectivity index (χ2v) is 8.23. The summed E-state index contributed by atoms with van der Waals surface area (Å²) in [6.07, 6.45) is -6.77. The fourth-order valence-electron chi connectivity index (χ4n) is 3.35. The summed E-state index contributed by atoms with van der Waals surface area (Å²) in [5.41, 5.74) is 13.1. The Bertz CT molecular complexity index is 1240. The van der Waals surface area contributed by atoms with E-state index in [9.17, 15) is 26.7 Å². The van der Waals surface area contributed by atoms with E-state index in [1.807, 2.05) is 0 Å². The molecule has 0 heterocycles. The first kappa shape index (κ1) is 27.5. The minimum absolute atomic E-state index is 0.0308. The number of halogens is 5. The van der Waals surface area contributed by atoms with Crippen molar-refractivity contribution in [3.8, 4) is 5.75 Å². The van der Waals surface area contributed by atoms with Crippen LogP contribution in [0, 0.1) is 6.92 Å². The van der Waals surface area contributed by atoms with E-state index in [-0.39, 0.29) is 17.9 Å². The second kappa shape index (κ2) is 11.3. The molecule has 0 saturated carbocycles. The van der Waals surface area contributed by atoms with Gasteiger partial charge in [-0.05, 0) is 66.1 Å². The summed E-state index contributed by atoms with van der Waals surface area (Å²) in [6, 6.07) is 14.1. The maximum atomic E-state index is 14.5. The lowest BCUT2D eigenvalue weighted by atomic mass is 10.00. The average Bonchev–Trinajstić information content (AvgIpc) is 2.81. The number of nitrogens with two attached hydrogens (primary N) is 2. The third-order valence-electron chi connectivity index (χ3n) is 5.21. The van der Waals surface area contributed by atoms with Crippen LogP contribution in [-0.2, 0) is 22.1 Å². The quantitative estimate of drug-likeness (QED) is 0.151. The molecule has 37 heavy (non-hydrogen) atoms. The largest absolute Gasteiger partial charge is 0.462 e. The summed E-state index contributed by atoms with van der Waals surface area (Å²) in [4.78, 5) is 12.0. The van der Waals surface area contributed by atoms with Gasteiger partial charge in [0, 0.05) is 23.4 Å². The Labute approximate surface area is 210 Å². The van der Waals surface area contributed by atoms with Crippen LogP contribution < -0.4 is 16.2 Å². The average molecular weight is 519 g/mol. The van der Waals surface area contributed by atoms with Crippen LogP contribution >= 0.6 is 0 Å². The topological polar surface area (TPSA) is 87.6 Å². The molecule has 1 unspecified atom stereocenters. The number of esters is 1. The molecule has 4 N–H and O–H groups in total. The van der Waals surface area contributed by atoms with Gasteiger partial charge in [0.2, 0.25) is 0 Å². The molecule has 0 bridgehead atoms. The SMILES string of the molecule is [CH2]C(COC(=O)/C=C/c1ccc(C(F)(F)Oc2ccc(CC(F)(F)F)cc2)cc1)c1ccc(N)cc1N. The van der Waals surface area contributed by atoms with Gasteiger partial charge < -0.3 is 20.9 Å². The third kappa shape index (κ3) is 8.23. The molecule has 195 valence electrons. The number of benzene rings is 3. The number of nitrogen functional groups attached to an aromatic ring is 2. The number of anilines is 2. The molecule has 1 atom stereocenters. The number of hydrogen-bond acceptors (Lipinski definition) is 5. The predicted octanol–water partition coefficient (Wildman–Crippen LogP) is 6.26. The fourth-order valence-corrected chi connectivity index (χ4v) is 3.35. The van der Waals surface area contributed by atoms with Gasteiger partial charge in [-0.15, -0.1) is 0 Å². The van der Waals surface area contributed by atoms with E-state index in [4.69, 9.17) is 16.2 Å². The molecular formula is C27H24F5N2O3. The van der Waals surface area contributed by atoms with Crippen molar-refractivity contribution in [2.45, 2.75) is 24.6 Å². The van der Waals surface area contributed by atoms with Crippen LogP contribution in [0.4, 0.5) is 33.3 Å². The number of carbonyl (C=O) groups is 1. The van der Waals surface area contributed by atoms with Crippen molar-refractivity contribution in [3.05, 3.63) is 102 Å². The standard InChI is InChI=1S/C27H24F5N2O3/c1-17(23-12-9-21(33)14-24(23)34)16-36-25(35)13-6-18-2-7-20(8-3-18)27(31,32)37-22-10-4-19(5-11-22)15-26(28,29)30/h2-14,17H,1,15-16,33-34H2/b13-6+. The molecule has 1 radical (unpaired) electrons. The van der Waals surface area contributed by atoms with Crippen LogP contribution in [-0.4, -0.2) is 18.8 Å². The molecule has 3 aromatic rings. The highest BCUT2D eigenvalue weighted by molar-refractivity contribution is 5.87. The number of alkyl halides is 5. The molecule has 3 aromatic carbocycles. The maximum Gasteiger partial charge on any atom is 0.426 e. The zero-order chi connectivity index (χ0) is 27.2. The van der Waals surface area contributed by atoms with Crippen LogP contribution in [0.15, 0.2) is 72.8 Å². The van der Waals surface area contributed by atoms with Crippen molar-refractivity contribution in [3.63, 3.8) is 0 Å². The highest BCUT2D eigenvalue weighted by atomic mass is 19.4. The van der Waals surface area contributed by atoms with E-state index >= 15 is 0 Å². The molecule has 0 aliphatic carbocycles. The molecule has 0 amide bonds. The molecular weight excluding hydrogens is 495 g/mol. The van der Waals surface area contributed by atoms with Crippen molar-refractivity contribution in [1.82, 2.24) is 0 Å². The first-order valence-electron chi connectivity index (χ1n) is 11.0. The van der Waals surface area contributed by atoms with Gasteiger partial charge in [0.25, 0.3) is 0 Å². The molecule has 0 aromatic heterocycles. The van der Waals surface area contributed by atoms with Crippen molar-refractivity contribution < 1.29 is 36.2 Å². The van der Waals surface area contributed by atoms with Gasteiger partial charge in [0.05, 0.1) is 18.6 Å². The highest BCUT2D eigenvalue weighted by Gasteiger charge is 2.34. The summed E-state index contributed by atoms with van der Waals surface area (Å²) >= 11 is 0. The summed E-state index contributed by atoms with van der Waals surface area (Å²) in [5.74, 6) is -1.36. The summed E-state index contributed by atoms with van der Waals surface area (Å²) in [5, 5.41) is 0. The minimum atomic E-state index is -4.40. The smallest absolute Gasteiger partial charge is 0.426 e. The van der Waals surface area contributed by atoms with Crippen LogP contribution in [0.3, 0.4) is 0 Å². The number of hydrogen-bond donors (Lipinski definition) is 2. The van der Waals surface area contributed by atoms with Gasteiger partial charge in [-0.25, -0.2) is 4.79 Å². The first-order chi connectivity index (χ1) is 17.3. The normalized spacial score (nSPS) is 12.9. The number of ether oxygens (including phenoxy) is 2. The van der Waals surface area contributed by atoms with Crippen molar-refractivity contribution in [2.24, 2.45) is 0 Å². The monoisotopic (exact) mass is 519 g/mol. The zero-order valence-corrected chi connectivity index (χ0v) is 19.5. The first-order valence-corrected chi connectivity index (χ1v) is 11.0. The van der Waals surface area contributed by atoms with E-state index in [0.29, 0.717) is 22.5 Å². The van der Waals surface area contributed by atoms with Crippen LogP contribution in [0.1, 0.15) is 28.2 Å². The van der Waals surface area contributed by atoms with Crippen LogP contribution in [0.25, 0.3) is 6.08 Å². The van der Waals surface area contributed by atoms with E-state index in [0.717, 1.165) is 42.5 Å². The molecule has 0 fully saturated rings. The lowest BCUT2D eigenvalue weighted by Crippen LogP contribution is -2.21. The fraction of sp³-hybridized carbons (Fsp3) is 0.185. The summed E-state index contributed by atoms with van der Waals surface area (Å²) in [6.45, 7) is 3.89. The minimum Gasteiger partial charge on any atom is -0.462 e. The molecule has 0 spiro atoms. The van der Waals surface area contributed by atoms with Gasteiger partial charge in [-0.1, -0.05) is 30.3 Å². The Hall–Kier alpha value is -4.08. The van der Waals surface area contributed by atoms with Gasteiger partial charge in [0.1, 0.15) is 5.75 Å². The second-order valence-electron chi connectivity index (χ2n) is 8.23.